The van der Waals surface area contributed by atoms with E-state index in [9.17, 15) is 19.8 Å². The molecule has 0 fully saturated rings. The third-order valence-corrected chi connectivity index (χ3v) is 5.36. The van der Waals surface area contributed by atoms with Gasteiger partial charge in [-0.05, 0) is 49.4 Å². The normalized spacial score (nSPS) is 11.0. The van der Waals surface area contributed by atoms with Gasteiger partial charge in [-0.25, -0.2) is 19.3 Å². The molecule has 4 rings (SSSR count). The molecule has 0 spiro atoms. The molecule has 30 heavy (non-hydrogen) atoms. The number of carboxylic acids is 2. The molecule has 0 unspecified atom stereocenters. The molecule has 2 heterocycles. The van der Waals surface area contributed by atoms with Crippen LogP contribution >= 0.6 is 27.5 Å². The minimum Gasteiger partial charge on any atom is -0.478 e. The van der Waals surface area contributed by atoms with Crippen LogP contribution in [-0.2, 0) is 0 Å². The number of fused-ring (bicyclic) bond motifs is 1. The van der Waals surface area contributed by atoms with E-state index in [0.717, 1.165) is 0 Å². The summed E-state index contributed by atoms with van der Waals surface area (Å²) in [6, 6.07) is 13.3. The summed E-state index contributed by atoms with van der Waals surface area (Å²) in [7, 11) is 0. The molecule has 0 aliphatic carbocycles. The van der Waals surface area contributed by atoms with Crippen LogP contribution in [0.1, 0.15) is 26.5 Å². The third-order valence-electron chi connectivity index (χ3n) is 4.63. The van der Waals surface area contributed by atoms with Crippen LogP contribution in [0, 0.1) is 6.92 Å². The second-order valence-corrected chi connectivity index (χ2v) is 7.88. The Morgan fingerprint density at radius 3 is 2.50 bits per heavy atom. The zero-order valence-corrected chi connectivity index (χ0v) is 17.8. The first-order valence-corrected chi connectivity index (χ1v) is 9.86. The highest BCUT2D eigenvalue weighted by molar-refractivity contribution is 9.10. The number of pyridine rings is 1. The van der Waals surface area contributed by atoms with Gasteiger partial charge < -0.3 is 10.2 Å². The first kappa shape index (κ1) is 20.1. The van der Waals surface area contributed by atoms with Crippen LogP contribution in [0.5, 0.6) is 0 Å². The lowest BCUT2D eigenvalue weighted by molar-refractivity contribution is 0.0684. The van der Waals surface area contributed by atoms with Gasteiger partial charge in [-0.2, -0.15) is 5.10 Å². The van der Waals surface area contributed by atoms with Crippen molar-refractivity contribution < 1.29 is 19.8 Å². The molecule has 2 aromatic carbocycles. The number of nitrogens with zero attached hydrogens (tertiary/aromatic N) is 3. The van der Waals surface area contributed by atoms with E-state index in [2.05, 4.69) is 26.0 Å². The van der Waals surface area contributed by atoms with Crippen LogP contribution in [-0.4, -0.2) is 36.9 Å². The maximum absolute atomic E-state index is 11.9. The van der Waals surface area contributed by atoms with Crippen molar-refractivity contribution in [1.82, 2.24) is 14.8 Å². The lowest BCUT2D eigenvalue weighted by Gasteiger charge is -2.09. The van der Waals surface area contributed by atoms with Crippen molar-refractivity contribution in [2.75, 3.05) is 0 Å². The quantitative estimate of drug-likeness (QED) is 0.410. The highest BCUT2D eigenvalue weighted by Crippen LogP contribution is 2.32. The number of carboxylic acid groups (broad SMARTS) is 2. The summed E-state index contributed by atoms with van der Waals surface area (Å²) in [6.07, 6.45) is 0. The van der Waals surface area contributed by atoms with Gasteiger partial charge in [-0.15, -0.1) is 0 Å². The van der Waals surface area contributed by atoms with E-state index in [4.69, 9.17) is 11.6 Å². The first-order chi connectivity index (χ1) is 14.3. The fourth-order valence-electron chi connectivity index (χ4n) is 3.32. The van der Waals surface area contributed by atoms with E-state index in [1.807, 2.05) is 0 Å². The molecule has 7 nitrogen and oxygen atoms in total. The van der Waals surface area contributed by atoms with Gasteiger partial charge >= 0.3 is 11.9 Å². The lowest BCUT2D eigenvalue weighted by atomic mass is 10.0. The second-order valence-electron chi connectivity index (χ2n) is 6.53. The van der Waals surface area contributed by atoms with Gasteiger partial charge in [0.05, 0.1) is 33.7 Å². The van der Waals surface area contributed by atoms with Crippen LogP contribution < -0.4 is 0 Å². The SMILES string of the molecule is Cc1c(-c2cc(C(=O)O)c3cc(Br)ccc3n2)c(C(=O)O)nn1-c1cccc(Cl)c1. The number of aromatic carboxylic acids is 2. The van der Waals surface area contributed by atoms with Crippen LogP contribution in [0.2, 0.25) is 5.02 Å². The molecule has 0 aliphatic heterocycles. The number of carbonyl (C=O) groups is 2. The molecule has 0 radical (unpaired) electrons. The van der Waals surface area contributed by atoms with E-state index in [0.29, 0.717) is 31.8 Å². The molecule has 2 N–H and O–H groups in total. The standard InChI is InChI=1S/C21H13BrClN3O4/c1-10-18(19(21(29)30)25-26(10)13-4-2-3-12(23)8-13)17-9-15(20(27)28)14-7-11(22)5-6-16(14)24-17/h2-9H,1H3,(H,27,28)(H,29,30). The van der Waals surface area contributed by atoms with Crippen molar-refractivity contribution in [2.24, 2.45) is 0 Å². The predicted molar refractivity (Wildman–Crippen MR) is 116 cm³/mol. The predicted octanol–water partition coefficient (Wildman–Crippen LogP) is 5.21. The molecule has 4 aromatic rings. The number of hydrogen-bond acceptors (Lipinski definition) is 4. The van der Waals surface area contributed by atoms with Crippen LogP contribution in [0.15, 0.2) is 53.0 Å². The molecule has 2 aromatic heterocycles. The van der Waals surface area contributed by atoms with Crippen molar-refractivity contribution in [1.29, 1.82) is 0 Å². The second kappa shape index (κ2) is 7.55. The molecule has 0 saturated heterocycles. The first-order valence-electron chi connectivity index (χ1n) is 8.69. The topological polar surface area (TPSA) is 105 Å². The van der Waals surface area contributed by atoms with E-state index in [1.54, 1.807) is 49.4 Å². The molecule has 0 aliphatic rings. The van der Waals surface area contributed by atoms with E-state index in [-0.39, 0.29) is 22.5 Å². The van der Waals surface area contributed by atoms with Crippen molar-refractivity contribution in [3.8, 4) is 16.9 Å². The van der Waals surface area contributed by atoms with Crippen LogP contribution in [0.25, 0.3) is 27.8 Å². The van der Waals surface area contributed by atoms with Crippen LogP contribution in [0.4, 0.5) is 0 Å². The van der Waals surface area contributed by atoms with Crippen molar-refractivity contribution in [3.63, 3.8) is 0 Å². The van der Waals surface area contributed by atoms with Gasteiger partial charge in [0.25, 0.3) is 0 Å². The Morgan fingerprint density at radius 1 is 1.07 bits per heavy atom. The fourth-order valence-corrected chi connectivity index (χ4v) is 3.87. The summed E-state index contributed by atoms with van der Waals surface area (Å²) >= 11 is 9.40. The molecule has 0 atom stereocenters. The molecular formula is C21H13BrClN3O4. The largest absolute Gasteiger partial charge is 0.478 e. The Bertz CT molecular complexity index is 1350. The van der Waals surface area contributed by atoms with Gasteiger partial charge in [0.15, 0.2) is 5.69 Å². The molecular weight excluding hydrogens is 474 g/mol. The Morgan fingerprint density at radius 2 is 1.83 bits per heavy atom. The summed E-state index contributed by atoms with van der Waals surface area (Å²) < 4.78 is 2.17. The zero-order valence-electron chi connectivity index (χ0n) is 15.4. The highest BCUT2D eigenvalue weighted by Gasteiger charge is 2.25. The van der Waals surface area contributed by atoms with E-state index in [1.165, 1.54) is 10.7 Å². The van der Waals surface area contributed by atoms with Gasteiger partial charge in [0, 0.05) is 14.9 Å². The van der Waals surface area contributed by atoms with Crippen molar-refractivity contribution >= 4 is 50.4 Å². The Kier molecular flexibility index (Phi) is 5.05. The zero-order chi connectivity index (χ0) is 21.6. The summed E-state index contributed by atoms with van der Waals surface area (Å²) in [5.41, 5.74) is 1.75. The minimum absolute atomic E-state index is 0.0162. The average molecular weight is 487 g/mol. The molecule has 9 heteroatoms. The highest BCUT2D eigenvalue weighted by atomic mass is 79.9. The molecule has 0 bridgehead atoms. The maximum Gasteiger partial charge on any atom is 0.357 e. The summed E-state index contributed by atoms with van der Waals surface area (Å²) in [6.45, 7) is 1.70. The minimum atomic E-state index is -1.25. The van der Waals surface area contributed by atoms with E-state index >= 15 is 0 Å². The van der Waals surface area contributed by atoms with Crippen molar-refractivity contribution in [2.45, 2.75) is 6.92 Å². The number of hydrogen-bond donors (Lipinski definition) is 2. The number of halogens is 2. The van der Waals surface area contributed by atoms with Gasteiger partial charge in [0.2, 0.25) is 0 Å². The Labute approximate surface area is 183 Å². The van der Waals surface area contributed by atoms with Gasteiger partial charge in [0.1, 0.15) is 0 Å². The summed E-state index contributed by atoms with van der Waals surface area (Å²) in [5.74, 6) is -2.39. The summed E-state index contributed by atoms with van der Waals surface area (Å²) in [5, 5.41) is 24.6. The van der Waals surface area contributed by atoms with Crippen molar-refractivity contribution in [3.05, 3.63) is 75.0 Å². The molecule has 0 saturated carbocycles. The fraction of sp³-hybridized carbons (Fsp3) is 0.0476. The van der Waals surface area contributed by atoms with Gasteiger partial charge in [-0.1, -0.05) is 33.6 Å². The Balaban J connectivity index is 2.03. The maximum atomic E-state index is 11.9. The third kappa shape index (κ3) is 3.44. The smallest absolute Gasteiger partial charge is 0.357 e. The van der Waals surface area contributed by atoms with E-state index < -0.39 is 11.9 Å². The molecule has 0 amide bonds. The molecule has 150 valence electrons. The van der Waals surface area contributed by atoms with Gasteiger partial charge in [-0.3, -0.25) is 0 Å². The summed E-state index contributed by atoms with van der Waals surface area (Å²) in [4.78, 5) is 28.3. The lowest BCUT2D eigenvalue weighted by Crippen LogP contribution is -2.03. The average Bonchev–Trinajstić information content (AvgIpc) is 3.04. The monoisotopic (exact) mass is 485 g/mol. The van der Waals surface area contributed by atoms with Crippen LogP contribution in [0.3, 0.4) is 0 Å². The Hall–Kier alpha value is -3.23. The number of aromatic nitrogens is 3. The number of rotatable bonds is 4. The number of benzene rings is 2.